The predicted octanol–water partition coefficient (Wildman–Crippen LogP) is 1.28. The summed E-state index contributed by atoms with van der Waals surface area (Å²) in [7, 11) is -2.05. The topological polar surface area (TPSA) is 79.2 Å². The molecule has 0 radical (unpaired) electrons. The number of rotatable bonds is 5. The molecule has 1 rings (SSSR count). The van der Waals surface area contributed by atoms with Crippen molar-refractivity contribution < 1.29 is 13.2 Å². The van der Waals surface area contributed by atoms with Gasteiger partial charge in [-0.2, -0.15) is 5.26 Å². The van der Waals surface area contributed by atoms with Gasteiger partial charge in [-0.15, -0.1) is 0 Å². The van der Waals surface area contributed by atoms with E-state index < -0.39 is 16.1 Å². The number of nitrogens with zero attached hydrogens (tertiary/aromatic N) is 1. The third kappa shape index (κ3) is 3.73. The third-order valence-electron chi connectivity index (χ3n) is 2.12. The highest BCUT2D eigenvalue weighted by Crippen LogP contribution is 2.15. The van der Waals surface area contributed by atoms with Crippen molar-refractivity contribution in [3.05, 3.63) is 24.3 Å². The van der Waals surface area contributed by atoms with Crippen molar-refractivity contribution >= 4 is 10.0 Å². The number of methoxy groups -OCH3 is 1. The molecule has 0 aromatic heterocycles. The van der Waals surface area contributed by atoms with E-state index in [9.17, 15) is 8.42 Å². The SMILES string of the molecule is COc1ccc(S(=O)(=O)NC(C)CC#N)cc1. The van der Waals surface area contributed by atoms with Crippen LogP contribution in [0.2, 0.25) is 0 Å². The first-order valence-corrected chi connectivity index (χ1v) is 6.51. The molecule has 0 heterocycles. The lowest BCUT2D eigenvalue weighted by Gasteiger charge is -2.11. The Bertz CT molecular complexity index is 503. The molecule has 0 aliphatic carbocycles. The van der Waals surface area contributed by atoms with Crippen molar-refractivity contribution in [1.82, 2.24) is 4.72 Å². The van der Waals surface area contributed by atoms with Gasteiger partial charge in [-0.25, -0.2) is 13.1 Å². The maximum Gasteiger partial charge on any atom is 0.240 e. The van der Waals surface area contributed by atoms with Crippen LogP contribution >= 0.6 is 0 Å². The molecule has 0 aliphatic rings. The van der Waals surface area contributed by atoms with Crippen molar-refractivity contribution in [2.24, 2.45) is 0 Å². The molecule has 1 unspecified atom stereocenters. The lowest BCUT2D eigenvalue weighted by atomic mass is 10.3. The maximum absolute atomic E-state index is 11.9. The standard InChI is InChI=1S/C11H14N2O3S/c1-9(7-8-12)13-17(14,15)11-5-3-10(16-2)4-6-11/h3-6,9,13H,7H2,1-2H3. The highest BCUT2D eigenvalue weighted by atomic mass is 32.2. The first-order chi connectivity index (χ1) is 7.99. The fraction of sp³-hybridized carbons (Fsp3) is 0.364. The number of benzene rings is 1. The van der Waals surface area contributed by atoms with Crippen LogP contribution in [0.4, 0.5) is 0 Å². The number of hydrogen-bond donors (Lipinski definition) is 1. The van der Waals surface area contributed by atoms with Crippen LogP contribution in [-0.2, 0) is 10.0 Å². The van der Waals surface area contributed by atoms with E-state index in [4.69, 9.17) is 10.00 Å². The Balaban J connectivity index is 2.86. The van der Waals surface area contributed by atoms with E-state index in [0.717, 1.165) is 0 Å². The van der Waals surface area contributed by atoms with Crippen LogP contribution in [0.5, 0.6) is 5.75 Å². The quantitative estimate of drug-likeness (QED) is 0.858. The average molecular weight is 254 g/mol. The van der Waals surface area contributed by atoms with Crippen molar-refractivity contribution in [3.63, 3.8) is 0 Å². The van der Waals surface area contributed by atoms with Gasteiger partial charge in [0.25, 0.3) is 0 Å². The molecular formula is C11H14N2O3S. The molecule has 0 bridgehead atoms. The molecular weight excluding hydrogens is 240 g/mol. The Kier molecular flexibility index (Phi) is 4.49. The number of nitrogens with one attached hydrogen (secondary N) is 1. The zero-order valence-corrected chi connectivity index (χ0v) is 10.5. The van der Waals surface area contributed by atoms with Crippen LogP contribution in [-0.4, -0.2) is 21.6 Å². The normalized spacial score (nSPS) is 12.8. The van der Waals surface area contributed by atoms with E-state index in [2.05, 4.69) is 4.72 Å². The first-order valence-electron chi connectivity index (χ1n) is 5.03. The lowest BCUT2D eigenvalue weighted by molar-refractivity contribution is 0.414. The first kappa shape index (κ1) is 13.5. The van der Waals surface area contributed by atoms with Gasteiger partial charge in [0.05, 0.1) is 24.5 Å². The molecule has 1 N–H and O–H groups in total. The highest BCUT2D eigenvalue weighted by Gasteiger charge is 2.16. The van der Waals surface area contributed by atoms with Crippen molar-refractivity contribution in [1.29, 1.82) is 5.26 Å². The molecule has 5 nitrogen and oxygen atoms in total. The number of ether oxygens (including phenoxy) is 1. The van der Waals surface area contributed by atoms with Crippen LogP contribution in [0.1, 0.15) is 13.3 Å². The molecule has 0 fully saturated rings. The summed E-state index contributed by atoms with van der Waals surface area (Å²) in [5.74, 6) is 0.592. The summed E-state index contributed by atoms with van der Waals surface area (Å²) < 4.78 is 31.1. The van der Waals surface area contributed by atoms with Crippen molar-refractivity contribution in [3.8, 4) is 11.8 Å². The highest BCUT2D eigenvalue weighted by molar-refractivity contribution is 7.89. The van der Waals surface area contributed by atoms with Gasteiger partial charge in [0.2, 0.25) is 10.0 Å². The van der Waals surface area contributed by atoms with E-state index in [1.54, 1.807) is 19.1 Å². The molecule has 1 aromatic carbocycles. The molecule has 1 aromatic rings. The Labute approximate surface area is 101 Å². The molecule has 0 spiro atoms. The minimum absolute atomic E-state index is 0.134. The maximum atomic E-state index is 11.9. The van der Waals surface area contributed by atoms with Crippen LogP contribution in [0, 0.1) is 11.3 Å². The van der Waals surface area contributed by atoms with Gasteiger partial charge in [-0.3, -0.25) is 0 Å². The number of sulfonamides is 1. The molecule has 17 heavy (non-hydrogen) atoms. The van der Waals surface area contributed by atoms with Gasteiger partial charge in [-0.1, -0.05) is 0 Å². The summed E-state index contributed by atoms with van der Waals surface area (Å²) in [5, 5.41) is 8.47. The summed E-state index contributed by atoms with van der Waals surface area (Å²) in [5.41, 5.74) is 0. The van der Waals surface area contributed by atoms with Gasteiger partial charge < -0.3 is 4.74 Å². The summed E-state index contributed by atoms with van der Waals surface area (Å²) in [6.45, 7) is 1.64. The van der Waals surface area contributed by atoms with Gasteiger partial charge >= 0.3 is 0 Å². The van der Waals surface area contributed by atoms with Gasteiger partial charge in [-0.05, 0) is 31.2 Å². The Hall–Kier alpha value is -1.58. The summed E-state index contributed by atoms with van der Waals surface area (Å²) in [6.07, 6.45) is 0.134. The van der Waals surface area contributed by atoms with Crippen LogP contribution in [0.3, 0.4) is 0 Å². The second-order valence-electron chi connectivity index (χ2n) is 3.56. The van der Waals surface area contributed by atoms with E-state index in [1.807, 2.05) is 6.07 Å². The van der Waals surface area contributed by atoms with Gasteiger partial charge in [0, 0.05) is 6.04 Å². The predicted molar refractivity (Wildman–Crippen MR) is 63.0 cm³/mol. The van der Waals surface area contributed by atoms with E-state index in [-0.39, 0.29) is 11.3 Å². The average Bonchev–Trinajstić information content (AvgIpc) is 2.28. The van der Waals surface area contributed by atoms with E-state index in [1.165, 1.54) is 19.2 Å². The molecule has 0 saturated carbocycles. The summed E-state index contributed by atoms with van der Waals surface area (Å²) >= 11 is 0. The minimum atomic E-state index is -3.56. The van der Waals surface area contributed by atoms with E-state index in [0.29, 0.717) is 5.75 Å². The molecule has 0 saturated heterocycles. The Morgan fingerprint density at radius 1 is 1.41 bits per heavy atom. The molecule has 6 heteroatoms. The van der Waals surface area contributed by atoms with Crippen LogP contribution in [0.15, 0.2) is 29.2 Å². The Morgan fingerprint density at radius 3 is 2.47 bits per heavy atom. The Morgan fingerprint density at radius 2 is 2.00 bits per heavy atom. The lowest BCUT2D eigenvalue weighted by Crippen LogP contribution is -2.32. The van der Waals surface area contributed by atoms with Gasteiger partial charge in [0.1, 0.15) is 5.75 Å². The number of hydrogen-bond acceptors (Lipinski definition) is 4. The third-order valence-corrected chi connectivity index (χ3v) is 3.73. The molecule has 0 amide bonds. The summed E-state index contributed by atoms with van der Waals surface area (Å²) in [4.78, 5) is 0.156. The molecule has 92 valence electrons. The minimum Gasteiger partial charge on any atom is -0.497 e. The fourth-order valence-corrected chi connectivity index (χ4v) is 2.51. The largest absolute Gasteiger partial charge is 0.497 e. The van der Waals surface area contributed by atoms with Gasteiger partial charge in [0.15, 0.2) is 0 Å². The van der Waals surface area contributed by atoms with E-state index >= 15 is 0 Å². The van der Waals surface area contributed by atoms with Crippen molar-refractivity contribution in [2.75, 3.05) is 7.11 Å². The molecule has 0 aliphatic heterocycles. The second-order valence-corrected chi connectivity index (χ2v) is 5.27. The van der Waals surface area contributed by atoms with Crippen LogP contribution in [0.25, 0.3) is 0 Å². The zero-order valence-electron chi connectivity index (χ0n) is 9.67. The second kappa shape index (κ2) is 5.66. The smallest absolute Gasteiger partial charge is 0.240 e. The van der Waals surface area contributed by atoms with Crippen LogP contribution < -0.4 is 9.46 Å². The zero-order chi connectivity index (χ0) is 12.9. The summed E-state index contributed by atoms with van der Waals surface area (Å²) in [6, 6.07) is 7.57. The monoisotopic (exact) mass is 254 g/mol. The number of nitriles is 1. The fourth-order valence-electron chi connectivity index (χ4n) is 1.27. The van der Waals surface area contributed by atoms with Crippen molar-refractivity contribution in [2.45, 2.75) is 24.3 Å². The molecule has 1 atom stereocenters.